The molecule has 0 unspecified atom stereocenters. The molecule has 0 bridgehead atoms. The average Bonchev–Trinajstić information content (AvgIpc) is 2.47. The van der Waals surface area contributed by atoms with Crippen molar-refractivity contribution in [2.24, 2.45) is 0 Å². The highest BCUT2D eigenvalue weighted by Crippen LogP contribution is 2.23. The Morgan fingerprint density at radius 3 is 2.69 bits per heavy atom. The van der Waals surface area contributed by atoms with E-state index >= 15 is 0 Å². The van der Waals surface area contributed by atoms with Crippen molar-refractivity contribution in [1.29, 1.82) is 0 Å². The van der Waals surface area contributed by atoms with Gasteiger partial charge in [-0.1, -0.05) is 12.1 Å². The van der Waals surface area contributed by atoms with Crippen molar-refractivity contribution in [2.45, 2.75) is 19.4 Å². The lowest BCUT2D eigenvalue weighted by Crippen LogP contribution is -2.14. The fourth-order valence-electron chi connectivity index (χ4n) is 1.43. The van der Waals surface area contributed by atoms with Crippen LogP contribution in [0.3, 0.4) is 0 Å². The van der Waals surface area contributed by atoms with E-state index in [2.05, 4.69) is 4.98 Å². The van der Waals surface area contributed by atoms with Gasteiger partial charge in [0.2, 0.25) is 0 Å². The number of fused-ring (bicyclic) bond motifs is 1. The summed E-state index contributed by atoms with van der Waals surface area (Å²) in [6, 6.07) is 7.97. The van der Waals surface area contributed by atoms with Gasteiger partial charge in [-0.25, -0.2) is 0 Å². The predicted octanol–water partition coefficient (Wildman–Crippen LogP) is 2.40. The van der Waals surface area contributed by atoms with E-state index in [1.807, 2.05) is 30.5 Å². The van der Waals surface area contributed by atoms with E-state index in [0.29, 0.717) is 0 Å². The Balaban J connectivity index is 2.61. The summed E-state index contributed by atoms with van der Waals surface area (Å²) in [5.41, 5.74) is 1.24. The number of H-pyrrole nitrogens is 1. The Bertz CT molecular complexity index is 423. The third kappa shape index (κ3) is 1.45. The number of hydrogen-bond acceptors (Lipinski definition) is 1. The van der Waals surface area contributed by atoms with Gasteiger partial charge in [0.15, 0.2) is 0 Å². The van der Waals surface area contributed by atoms with Crippen molar-refractivity contribution in [3.63, 3.8) is 0 Å². The molecule has 0 saturated heterocycles. The molecule has 2 aromatic rings. The quantitative estimate of drug-likeness (QED) is 0.686. The number of aromatic nitrogens is 1. The van der Waals surface area contributed by atoms with Crippen LogP contribution in [-0.2, 0) is 5.60 Å². The lowest BCUT2D eigenvalue weighted by atomic mass is 9.98. The largest absolute Gasteiger partial charge is 0.386 e. The fourth-order valence-corrected chi connectivity index (χ4v) is 1.43. The van der Waals surface area contributed by atoms with E-state index in [1.165, 1.54) is 5.39 Å². The third-order valence-electron chi connectivity index (χ3n) is 2.26. The molecule has 0 aliphatic carbocycles. The molecule has 0 atom stereocenters. The normalized spacial score (nSPS) is 12.2. The molecule has 0 aliphatic rings. The van der Waals surface area contributed by atoms with Gasteiger partial charge in [-0.05, 0) is 36.9 Å². The van der Waals surface area contributed by atoms with Crippen LogP contribution < -0.4 is 0 Å². The van der Waals surface area contributed by atoms with Gasteiger partial charge in [0.1, 0.15) is 0 Å². The molecule has 0 amide bonds. The molecule has 0 radical (unpaired) electrons. The molecule has 2 heteroatoms. The molecule has 0 saturated carbocycles. The van der Waals surface area contributed by atoms with Crippen molar-refractivity contribution in [3.05, 3.63) is 36.0 Å². The van der Waals surface area contributed by atoms with Gasteiger partial charge in [0, 0.05) is 11.7 Å². The first-order valence-corrected chi connectivity index (χ1v) is 4.37. The molecule has 2 nitrogen and oxygen atoms in total. The first-order chi connectivity index (χ1) is 6.07. The van der Waals surface area contributed by atoms with Crippen LogP contribution in [-0.4, -0.2) is 10.1 Å². The molecule has 2 rings (SSSR count). The highest BCUT2D eigenvalue weighted by molar-refractivity contribution is 5.80. The minimum atomic E-state index is -0.765. The molecule has 0 spiro atoms. The molecule has 1 aromatic heterocycles. The monoisotopic (exact) mass is 175 g/mol. The molecular weight excluding hydrogens is 162 g/mol. The molecule has 0 aliphatic heterocycles. The first kappa shape index (κ1) is 8.32. The third-order valence-corrected chi connectivity index (χ3v) is 2.26. The molecule has 13 heavy (non-hydrogen) atoms. The Morgan fingerprint density at radius 2 is 2.00 bits per heavy atom. The van der Waals surface area contributed by atoms with Gasteiger partial charge in [-0.2, -0.15) is 0 Å². The zero-order chi connectivity index (χ0) is 9.47. The second-order valence-electron chi connectivity index (χ2n) is 3.84. The zero-order valence-corrected chi connectivity index (χ0v) is 7.83. The van der Waals surface area contributed by atoms with Crippen LogP contribution >= 0.6 is 0 Å². The highest BCUT2D eigenvalue weighted by Gasteiger charge is 2.15. The van der Waals surface area contributed by atoms with Crippen molar-refractivity contribution in [2.75, 3.05) is 0 Å². The first-order valence-electron chi connectivity index (χ1n) is 4.37. The highest BCUT2D eigenvalue weighted by atomic mass is 16.3. The Morgan fingerprint density at radius 1 is 1.23 bits per heavy atom. The van der Waals surface area contributed by atoms with Crippen molar-refractivity contribution in [1.82, 2.24) is 4.98 Å². The van der Waals surface area contributed by atoms with Crippen molar-refractivity contribution in [3.8, 4) is 0 Å². The van der Waals surface area contributed by atoms with Gasteiger partial charge in [0.25, 0.3) is 0 Å². The van der Waals surface area contributed by atoms with Crippen LogP contribution in [0.25, 0.3) is 10.9 Å². The van der Waals surface area contributed by atoms with Gasteiger partial charge < -0.3 is 10.1 Å². The molecule has 2 N–H and O–H groups in total. The van der Waals surface area contributed by atoms with Crippen LogP contribution in [0.5, 0.6) is 0 Å². The van der Waals surface area contributed by atoms with Crippen LogP contribution in [0, 0.1) is 0 Å². The maximum Gasteiger partial charge on any atom is 0.0841 e. The number of hydrogen-bond donors (Lipinski definition) is 2. The van der Waals surface area contributed by atoms with Crippen molar-refractivity contribution >= 4 is 10.9 Å². The van der Waals surface area contributed by atoms with Gasteiger partial charge in [-0.3, -0.25) is 0 Å². The SMILES string of the molecule is CC(C)(O)c1ccc2cc[nH]c2c1. The minimum Gasteiger partial charge on any atom is -0.386 e. The Kier molecular flexibility index (Phi) is 1.67. The molecule has 1 aromatic carbocycles. The lowest BCUT2D eigenvalue weighted by molar-refractivity contribution is 0.0787. The number of nitrogens with one attached hydrogen (secondary N) is 1. The van der Waals surface area contributed by atoms with E-state index in [-0.39, 0.29) is 0 Å². The predicted molar refractivity (Wildman–Crippen MR) is 53.5 cm³/mol. The summed E-state index contributed by atoms with van der Waals surface area (Å²) >= 11 is 0. The summed E-state index contributed by atoms with van der Waals surface area (Å²) in [6.07, 6.45) is 1.90. The van der Waals surface area contributed by atoms with E-state index in [0.717, 1.165) is 11.1 Å². The number of rotatable bonds is 1. The summed E-state index contributed by atoms with van der Waals surface area (Å²) < 4.78 is 0. The van der Waals surface area contributed by atoms with Crippen LogP contribution in [0.15, 0.2) is 30.5 Å². The fraction of sp³-hybridized carbons (Fsp3) is 0.273. The lowest BCUT2D eigenvalue weighted by Gasteiger charge is -2.17. The van der Waals surface area contributed by atoms with Crippen LogP contribution in [0.4, 0.5) is 0 Å². The standard InChI is InChI=1S/C11H13NO/c1-11(2,13)9-4-3-8-5-6-12-10(8)7-9/h3-7,12-13H,1-2H3. The molecule has 0 fully saturated rings. The number of benzene rings is 1. The Hall–Kier alpha value is -1.28. The number of aromatic amines is 1. The summed E-state index contributed by atoms with van der Waals surface area (Å²) in [5, 5.41) is 10.9. The molecule has 1 heterocycles. The summed E-state index contributed by atoms with van der Waals surface area (Å²) in [7, 11) is 0. The van der Waals surface area contributed by atoms with Gasteiger partial charge in [-0.15, -0.1) is 0 Å². The van der Waals surface area contributed by atoms with E-state index in [9.17, 15) is 5.11 Å². The molecule has 68 valence electrons. The molecular formula is C11H13NO. The topological polar surface area (TPSA) is 36.0 Å². The second kappa shape index (κ2) is 2.60. The summed E-state index contributed by atoms with van der Waals surface area (Å²) in [5.74, 6) is 0. The van der Waals surface area contributed by atoms with E-state index in [1.54, 1.807) is 13.8 Å². The maximum atomic E-state index is 9.77. The smallest absolute Gasteiger partial charge is 0.0841 e. The van der Waals surface area contributed by atoms with Crippen LogP contribution in [0.2, 0.25) is 0 Å². The minimum absolute atomic E-state index is 0.765. The van der Waals surface area contributed by atoms with E-state index in [4.69, 9.17) is 0 Å². The summed E-state index contributed by atoms with van der Waals surface area (Å²) in [4.78, 5) is 3.12. The van der Waals surface area contributed by atoms with Crippen molar-refractivity contribution < 1.29 is 5.11 Å². The number of aliphatic hydroxyl groups is 1. The Labute approximate surface area is 77.2 Å². The average molecular weight is 175 g/mol. The van der Waals surface area contributed by atoms with E-state index < -0.39 is 5.60 Å². The van der Waals surface area contributed by atoms with Gasteiger partial charge >= 0.3 is 0 Å². The van der Waals surface area contributed by atoms with Crippen LogP contribution in [0.1, 0.15) is 19.4 Å². The van der Waals surface area contributed by atoms with Gasteiger partial charge in [0.05, 0.1) is 5.60 Å². The summed E-state index contributed by atoms with van der Waals surface area (Å²) in [6.45, 7) is 3.58. The second-order valence-corrected chi connectivity index (χ2v) is 3.84. The zero-order valence-electron chi connectivity index (χ0n) is 7.83. The maximum absolute atomic E-state index is 9.77.